The van der Waals surface area contributed by atoms with Crippen molar-refractivity contribution in [3.63, 3.8) is 0 Å². The number of alkyl halides is 2. The lowest BCUT2D eigenvalue weighted by Gasteiger charge is -2.22. The smallest absolute Gasteiger partial charge is 0.247 e. The number of halogens is 3. The lowest BCUT2D eigenvalue weighted by Crippen LogP contribution is -2.28. The Balaban J connectivity index is 3.67. The largest absolute Gasteiger partial charge is 0.314 e. The summed E-state index contributed by atoms with van der Waals surface area (Å²) in [5.41, 5.74) is 0. The molecule has 0 heterocycles. The van der Waals surface area contributed by atoms with Gasteiger partial charge < -0.3 is 4.11 Å². The van der Waals surface area contributed by atoms with E-state index in [1.54, 1.807) is 0 Å². The average Bonchev–Trinajstić information content (AvgIpc) is 2.45. The van der Waals surface area contributed by atoms with Crippen molar-refractivity contribution < 1.29 is 12.9 Å². The Morgan fingerprint density at radius 3 is 1.86 bits per heavy atom. The predicted molar refractivity (Wildman–Crippen MR) is 93.7 cm³/mol. The normalized spacial score (nSPS) is 12.9. The van der Waals surface area contributed by atoms with E-state index in [2.05, 4.69) is 13.8 Å². The fourth-order valence-electron chi connectivity index (χ4n) is 2.81. The van der Waals surface area contributed by atoms with Gasteiger partial charge in [-0.1, -0.05) is 70.9 Å². The van der Waals surface area contributed by atoms with Crippen molar-refractivity contribution in [3.05, 3.63) is 0 Å². The fourth-order valence-corrected chi connectivity index (χ4v) is 8.12. The van der Waals surface area contributed by atoms with Gasteiger partial charge in [0.05, 0.1) is 0 Å². The Kier molecular flexibility index (Phi) is 14.0. The second-order valence-corrected chi connectivity index (χ2v) is 12.3. The molecule has 0 amide bonds. The molecular weight excluding hydrogens is 305 g/mol. The molecule has 0 aliphatic rings. The molecule has 0 aromatic carbocycles. The summed E-state index contributed by atoms with van der Waals surface area (Å²) in [4.78, 5) is 0. The standard InChI is InChI=1S/C16H35F3Si2/c1-3-5-13-21(19,14-6-4-2)15-8-7-11-20-12-9-10-16(17)18/h16H,3-15,20H2,1-2H3. The summed E-state index contributed by atoms with van der Waals surface area (Å²) >= 11 is 0. The van der Waals surface area contributed by atoms with Crippen molar-refractivity contribution in [2.45, 2.75) is 102 Å². The van der Waals surface area contributed by atoms with Crippen LogP contribution in [0, 0.1) is 0 Å². The third kappa shape index (κ3) is 13.6. The molecule has 0 saturated carbocycles. The highest BCUT2D eigenvalue weighted by molar-refractivity contribution is 6.73. The maximum atomic E-state index is 15.0. The first-order valence-corrected chi connectivity index (χ1v) is 13.5. The fraction of sp³-hybridized carbons (Fsp3) is 1.00. The van der Waals surface area contributed by atoms with Crippen LogP contribution in [0.2, 0.25) is 30.2 Å². The van der Waals surface area contributed by atoms with Gasteiger partial charge >= 0.3 is 0 Å². The molecule has 0 spiro atoms. The Hall–Kier alpha value is 0.224. The molecule has 0 bridgehead atoms. The van der Waals surface area contributed by atoms with E-state index in [1.807, 2.05) is 0 Å². The summed E-state index contributed by atoms with van der Waals surface area (Å²) < 4.78 is 38.9. The van der Waals surface area contributed by atoms with Gasteiger partial charge in [0.15, 0.2) is 0 Å². The van der Waals surface area contributed by atoms with Crippen molar-refractivity contribution in [1.82, 2.24) is 0 Å². The van der Waals surface area contributed by atoms with Crippen LogP contribution in [0.4, 0.5) is 12.9 Å². The molecule has 0 N–H and O–H groups in total. The molecule has 21 heavy (non-hydrogen) atoms. The molecule has 0 aromatic rings. The van der Waals surface area contributed by atoms with Gasteiger partial charge in [-0.3, -0.25) is 0 Å². The Morgan fingerprint density at radius 1 is 0.810 bits per heavy atom. The number of hydrogen-bond acceptors (Lipinski definition) is 0. The van der Waals surface area contributed by atoms with E-state index in [-0.39, 0.29) is 15.9 Å². The molecule has 0 rings (SSSR count). The SMILES string of the molecule is CCCC[Si](F)(CCCC)CCCC[SiH2]CCCC(F)F. The molecule has 5 heteroatoms. The minimum atomic E-state index is -2.47. The lowest BCUT2D eigenvalue weighted by molar-refractivity contribution is 0.136. The van der Waals surface area contributed by atoms with Crippen molar-refractivity contribution >= 4 is 17.9 Å². The van der Waals surface area contributed by atoms with Crippen LogP contribution in [0.25, 0.3) is 0 Å². The van der Waals surface area contributed by atoms with Crippen molar-refractivity contribution in [1.29, 1.82) is 0 Å². The van der Waals surface area contributed by atoms with Crippen LogP contribution in [-0.2, 0) is 0 Å². The topological polar surface area (TPSA) is 0 Å². The van der Waals surface area contributed by atoms with Crippen LogP contribution in [0.15, 0.2) is 0 Å². The third-order valence-electron chi connectivity index (χ3n) is 4.25. The summed E-state index contributed by atoms with van der Waals surface area (Å²) in [5.74, 6) is 0. The monoisotopic (exact) mass is 340 g/mol. The van der Waals surface area contributed by atoms with Crippen LogP contribution in [-0.4, -0.2) is 24.4 Å². The molecular formula is C16H35F3Si2. The zero-order chi connectivity index (χ0) is 16.0. The molecule has 0 saturated heterocycles. The number of hydrogen-bond donors (Lipinski definition) is 0. The van der Waals surface area contributed by atoms with Crippen molar-refractivity contribution in [3.8, 4) is 0 Å². The van der Waals surface area contributed by atoms with E-state index >= 15 is 0 Å². The Bertz CT molecular complexity index is 218. The maximum absolute atomic E-state index is 15.0. The molecule has 0 nitrogen and oxygen atoms in total. The van der Waals surface area contributed by atoms with E-state index in [0.717, 1.165) is 62.7 Å². The predicted octanol–water partition coefficient (Wildman–Crippen LogP) is 6.33. The van der Waals surface area contributed by atoms with Crippen molar-refractivity contribution in [2.75, 3.05) is 0 Å². The van der Waals surface area contributed by atoms with E-state index in [4.69, 9.17) is 0 Å². The van der Waals surface area contributed by atoms with E-state index < -0.39 is 14.8 Å². The molecule has 0 aliphatic heterocycles. The van der Waals surface area contributed by atoms with Gasteiger partial charge in [0.1, 0.15) is 0 Å². The maximum Gasteiger partial charge on any atom is 0.247 e. The van der Waals surface area contributed by atoms with Gasteiger partial charge in [-0.05, 0) is 18.1 Å². The summed E-state index contributed by atoms with van der Waals surface area (Å²) in [6, 6.07) is 4.81. The van der Waals surface area contributed by atoms with E-state index in [0.29, 0.717) is 6.42 Å². The van der Waals surface area contributed by atoms with Gasteiger partial charge in [-0.2, -0.15) is 0 Å². The molecule has 0 aromatic heterocycles. The summed E-state index contributed by atoms with van der Waals surface area (Å²) in [6.07, 6.45) is 5.11. The highest BCUT2D eigenvalue weighted by atomic mass is 28.4. The molecule has 0 radical (unpaired) electrons. The van der Waals surface area contributed by atoms with Gasteiger partial charge in [0.25, 0.3) is 0 Å². The third-order valence-corrected chi connectivity index (χ3v) is 10.0. The molecule has 0 atom stereocenters. The van der Waals surface area contributed by atoms with Gasteiger partial charge in [0, 0.05) is 15.9 Å². The first-order chi connectivity index (χ1) is 10.0. The van der Waals surface area contributed by atoms with Gasteiger partial charge in [-0.25, -0.2) is 8.78 Å². The molecule has 0 fully saturated rings. The average molecular weight is 341 g/mol. The second-order valence-electron chi connectivity index (χ2n) is 6.41. The molecule has 0 unspecified atom stereocenters. The second kappa shape index (κ2) is 13.9. The summed E-state index contributed by atoms with van der Waals surface area (Å²) in [7, 11) is -2.63. The van der Waals surface area contributed by atoms with E-state index in [1.165, 1.54) is 6.04 Å². The quantitative estimate of drug-likeness (QED) is 0.185. The van der Waals surface area contributed by atoms with E-state index in [9.17, 15) is 12.9 Å². The van der Waals surface area contributed by atoms with Crippen LogP contribution in [0.1, 0.15) is 65.2 Å². The zero-order valence-electron chi connectivity index (χ0n) is 14.1. The molecule has 128 valence electrons. The van der Waals surface area contributed by atoms with Crippen LogP contribution in [0.3, 0.4) is 0 Å². The lowest BCUT2D eigenvalue weighted by atomic mass is 10.3. The Labute approximate surface area is 133 Å². The van der Waals surface area contributed by atoms with Crippen molar-refractivity contribution in [2.24, 2.45) is 0 Å². The highest BCUT2D eigenvalue weighted by Crippen LogP contribution is 2.29. The number of rotatable bonds is 15. The van der Waals surface area contributed by atoms with Gasteiger partial charge in [-0.15, -0.1) is 0 Å². The first kappa shape index (κ1) is 21.2. The van der Waals surface area contributed by atoms with Crippen LogP contribution >= 0.6 is 0 Å². The minimum Gasteiger partial charge on any atom is -0.314 e. The minimum absolute atomic E-state index is 0.0710. The highest BCUT2D eigenvalue weighted by Gasteiger charge is 2.31. The Morgan fingerprint density at radius 2 is 1.33 bits per heavy atom. The number of unbranched alkanes of at least 4 members (excludes halogenated alkanes) is 3. The van der Waals surface area contributed by atoms with Crippen LogP contribution in [0.5, 0.6) is 0 Å². The van der Waals surface area contributed by atoms with Crippen LogP contribution < -0.4 is 0 Å². The summed E-state index contributed by atoms with van der Waals surface area (Å²) in [6.45, 7) is 4.28. The zero-order valence-corrected chi connectivity index (χ0v) is 16.5. The molecule has 0 aliphatic carbocycles. The summed E-state index contributed by atoms with van der Waals surface area (Å²) in [5, 5.41) is 0. The van der Waals surface area contributed by atoms with Gasteiger partial charge in [0.2, 0.25) is 14.8 Å². The first-order valence-electron chi connectivity index (χ1n) is 9.01.